The van der Waals surface area contributed by atoms with E-state index in [1.807, 2.05) is 25.1 Å². The van der Waals surface area contributed by atoms with Gasteiger partial charge in [-0.3, -0.25) is 0 Å². The van der Waals surface area contributed by atoms with E-state index in [0.29, 0.717) is 12.1 Å². The molecule has 0 saturated heterocycles. The molecule has 21 heavy (non-hydrogen) atoms. The number of carbonyl (C=O) groups excluding carboxylic acids is 1. The summed E-state index contributed by atoms with van der Waals surface area (Å²) in [6.45, 7) is 6.86. The van der Waals surface area contributed by atoms with Gasteiger partial charge in [0, 0.05) is 12.2 Å². The number of ether oxygens (including phenoxy) is 1. The van der Waals surface area contributed by atoms with Crippen molar-refractivity contribution in [3.8, 4) is 0 Å². The van der Waals surface area contributed by atoms with Crippen LogP contribution in [0.25, 0.3) is 0 Å². The molecule has 1 N–H and O–H groups in total. The zero-order valence-electron chi connectivity index (χ0n) is 13.0. The number of anilines is 1. The second-order valence-corrected chi connectivity index (χ2v) is 5.25. The fraction of sp³-hybridized carbons (Fsp3) is 0.278. The van der Waals surface area contributed by atoms with Gasteiger partial charge in [0.2, 0.25) is 0 Å². The molecule has 0 aliphatic rings. The van der Waals surface area contributed by atoms with Gasteiger partial charge in [-0.1, -0.05) is 29.8 Å². The highest BCUT2D eigenvalue weighted by molar-refractivity contribution is 5.95. The summed E-state index contributed by atoms with van der Waals surface area (Å²) in [5, 5.41) is 3.34. The molecule has 2 aromatic rings. The highest BCUT2D eigenvalue weighted by atomic mass is 16.5. The van der Waals surface area contributed by atoms with Crippen molar-refractivity contribution in [2.75, 3.05) is 12.4 Å². The maximum absolute atomic E-state index is 11.9. The normalized spacial score (nSPS) is 10.3. The molecular weight excluding hydrogens is 262 g/mol. The smallest absolute Gasteiger partial charge is 0.339 e. The van der Waals surface area contributed by atoms with Gasteiger partial charge in [-0.25, -0.2) is 4.79 Å². The number of esters is 1. The Hall–Kier alpha value is -2.29. The van der Waals surface area contributed by atoms with Crippen LogP contribution in [0.15, 0.2) is 36.4 Å². The topological polar surface area (TPSA) is 38.3 Å². The first-order valence-electron chi connectivity index (χ1n) is 7.01. The molecule has 110 valence electrons. The lowest BCUT2D eigenvalue weighted by atomic mass is 10.0. The van der Waals surface area contributed by atoms with Crippen molar-refractivity contribution in [2.45, 2.75) is 27.3 Å². The fourth-order valence-corrected chi connectivity index (χ4v) is 2.28. The van der Waals surface area contributed by atoms with Crippen molar-refractivity contribution < 1.29 is 9.53 Å². The maximum Gasteiger partial charge on any atom is 0.339 e. The lowest BCUT2D eigenvalue weighted by molar-refractivity contribution is 0.0601. The third-order valence-electron chi connectivity index (χ3n) is 3.77. The van der Waals surface area contributed by atoms with Crippen LogP contribution in [0.1, 0.15) is 32.6 Å². The van der Waals surface area contributed by atoms with Gasteiger partial charge in [0.25, 0.3) is 0 Å². The maximum atomic E-state index is 11.9. The summed E-state index contributed by atoms with van der Waals surface area (Å²) in [7, 11) is 1.40. The van der Waals surface area contributed by atoms with Crippen LogP contribution >= 0.6 is 0 Å². The molecule has 0 atom stereocenters. The van der Waals surface area contributed by atoms with E-state index in [1.165, 1.54) is 23.8 Å². The van der Waals surface area contributed by atoms with E-state index in [1.54, 1.807) is 0 Å². The van der Waals surface area contributed by atoms with Crippen LogP contribution in [0.4, 0.5) is 5.69 Å². The summed E-state index contributed by atoms with van der Waals surface area (Å²) >= 11 is 0. The van der Waals surface area contributed by atoms with Crippen LogP contribution in [0.2, 0.25) is 0 Å². The van der Waals surface area contributed by atoms with E-state index in [4.69, 9.17) is 4.74 Å². The molecule has 0 aliphatic carbocycles. The molecule has 0 heterocycles. The van der Waals surface area contributed by atoms with Gasteiger partial charge in [-0.2, -0.15) is 0 Å². The second-order valence-electron chi connectivity index (χ2n) is 5.25. The van der Waals surface area contributed by atoms with Crippen molar-refractivity contribution in [3.63, 3.8) is 0 Å². The van der Waals surface area contributed by atoms with E-state index in [0.717, 1.165) is 11.3 Å². The van der Waals surface area contributed by atoms with Crippen molar-refractivity contribution in [2.24, 2.45) is 0 Å². The van der Waals surface area contributed by atoms with Gasteiger partial charge in [0.1, 0.15) is 0 Å². The Labute approximate surface area is 126 Å². The summed E-state index contributed by atoms with van der Waals surface area (Å²) in [5.74, 6) is -0.317. The Morgan fingerprint density at radius 3 is 2.62 bits per heavy atom. The molecule has 0 saturated carbocycles. The predicted octanol–water partition coefficient (Wildman–Crippen LogP) is 4.01. The highest BCUT2D eigenvalue weighted by Gasteiger charge is 2.12. The highest BCUT2D eigenvalue weighted by Crippen LogP contribution is 2.20. The van der Waals surface area contributed by atoms with E-state index >= 15 is 0 Å². The SMILES string of the molecule is COC(=O)c1cc(C)ccc1NCc1cccc(C)c1C. The van der Waals surface area contributed by atoms with Crippen LogP contribution in [0, 0.1) is 20.8 Å². The van der Waals surface area contributed by atoms with Crippen molar-refractivity contribution in [3.05, 3.63) is 64.2 Å². The zero-order valence-corrected chi connectivity index (χ0v) is 13.0. The first-order chi connectivity index (χ1) is 10.0. The summed E-state index contributed by atoms with van der Waals surface area (Å²) in [5.41, 5.74) is 6.18. The lowest BCUT2D eigenvalue weighted by Crippen LogP contribution is -2.09. The van der Waals surface area contributed by atoms with Crippen LogP contribution in [0.5, 0.6) is 0 Å². The summed E-state index contributed by atoms with van der Waals surface area (Å²) < 4.78 is 4.85. The number of methoxy groups -OCH3 is 1. The first-order valence-corrected chi connectivity index (χ1v) is 7.01. The largest absolute Gasteiger partial charge is 0.465 e. The Morgan fingerprint density at radius 1 is 1.14 bits per heavy atom. The minimum Gasteiger partial charge on any atom is -0.465 e. The number of benzene rings is 2. The summed E-state index contributed by atoms with van der Waals surface area (Å²) in [6, 6.07) is 12.0. The Balaban J connectivity index is 2.24. The van der Waals surface area contributed by atoms with Crippen LogP contribution in [-0.4, -0.2) is 13.1 Å². The van der Waals surface area contributed by atoms with Gasteiger partial charge in [-0.15, -0.1) is 0 Å². The monoisotopic (exact) mass is 283 g/mol. The minimum absolute atomic E-state index is 0.317. The molecule has 3 heteroatoms. The summed E-state index contributed by atoms with van der Waals surface area (Å²) in [4.78, 5) is 11.9. The molecule has 0 amide bonds. The van der Waals surface area contributed by atoms with Gasteiger partial charge in [0.05, 0.1) is 12.7 Å². The van der Waals surface area contributed by atoms with E-state index in [2.05, 4.69) is 37.4 Å². The van der Waals surface area contributed by atoms with Crippen molar-refractivity contribution in [1.29, 1.82) is 0 Å². The third kappa shape index (κ3) is 3.43. The van der Waals surface area contributed by atoms with Gasteiger partial charge >= 0.3 is 5.97 Å². The molecule has 0 unspecified atom stereocenters. The number of rotatable bonds is 4. The first kappa shape index (κ1) is 15.1. The van der Waals surface area contributed by atoms with E-state index < -0.39 is 0 Å². The zero-order chi connectivity index (χ0) is 15.4. The van der Waals surface area contributed by atoms with E-state index in [-0.39, 0.29) is 5.97 Å². The van der Waals surface area contributed by atoms with Crippen LogP contribution < -0.4 is 5.32 Å². The molecule has 0 bridgehead atoms. The molecule has 2 aromatic carbocycles. The van der Waals surface area contributed by atoms with Gasteiger partial charge in [0.15, 0.2) is 0 Å². The molecule has 0 aliphatic heterocycles. The number of hydrogen-bond acceptors (Lipinski definition) is 3. The molecule has 0 fully saturated rings. The molecule has 2 rings (SSSR count). The third-order valence-corrected chi connectivity index (χ3v) is 3.77. The summed E-state index contributed by atoms with van der Waals surface area (Å²) in [6.07, 6.45) is 0. The molecule has 0 aromatic heterocycles. The standard InChI is InChI=1S/C18H21NO2/c1-12-8-9-17(16(10-12)18(20)21-4)19-11-15-7-5-6-13(2)14(15)3/h5-10,19H,11H2,1-4H3. The number of aryl methyl sites for hydroxylation is 2. The molecule has 0 spiro atoms. The molecule has 0 radical (unpaired) electrons. The Morgan fingerprint density at radius 2 is 1.90 bits per heavy atom. The van der Waals surface area contributed by atoms with Crippen molar-refractivity contribution in [1.82, 2.24) is 0 Å². The number of hydrogen-bond donors (Lipinski definition) is 1. The average molecular weight is 283 g/mol. The Bertz CT molecular complexity index is 662. The van der Waals surface area contributed by atoms with Crippen molar-refractivity contribution >= 4 is 11.7 Å². The molecule has 3 nitrogen and oxygen atoms in total. The Kier molecular flexibility index (Phi) is 4.63. The second kappa shape index (κ2) is 6.44. The number of carbonyl (C=O) groups is 1. The minimum atomic E-state index is -0.317. The van der Waals surface area contributed by atoms with Crippen LogP contribution in [-0.2, 0) is 11.3 Å². The fourth-order valence-electron chi connectivity index (χ4n) is 2.28. The predicted molar refractivity (Wildman–Crippen MR) is 85.8 cm³/mol. The average Bonchev–Trinajstić information content (AvgIpc) is 2.49. The quantitative estimate of drug-likeness (QED) is 0.862. The van der Waals surface area contributed by atoms with Crippen LogP contribution in [0.3, 0.4) is 0 Å². The van der Waals surface area contributed by atoms with E-state index in [9.17, 15) is 4.79 Å². The lowest BCUT2D eigenvalue weighted by Gasteiger charge is -2.14. The molecular formula is C18H21NO2. The van der Waals surface area contributed by atoms with Gasteiger partial charge in [-0.05, 0) is 49.6 Å². The number of nitrogens with one attached hydrogen (secondary N) is 1. The van der Waals surface area contributed by atoms with Gasteiger partial charge < -0.3 is 10.1 Å².